The summed E-state index contributed by atoms with van der Waals surface area (Å²) in [7, 11) is -2.16. The second-order valence-electron chi connectivity index (χ2n) is 12.1. The zero-order chi connectivity index (χ0) is 31.5. The molecule has 0 spiro atoms. The number of ether oxygens (including phenoxy) is 2. The molecule has 1 aromatic heterocycles. The van der Waals surface area contributed by atoms with E-state index >= 15 is 0 Å². The Kier molecular flexibility index (Phi) is 8.98. The van der Waals surface area contributed by atoms with E-state index in [9.17, 15) is 13.2 Å². The first-order valence-corrected chi connectivity index (χ1v) is 16.0. The summed E-state index contributed by atoms with van der Waals surface area (Å²) in [5, 5.41) is 0. The van der Waals surface area contributed by atoms with Crippen molar-refractivity contribution < 1.29 is 22.7 Å². The van der Waals surface area contributed by atoms with Gasteiger partial charge in [0.1, 0.15) is 17.1 Å². The number of amides is 1. The molecule has 0 aliphatic carbocycles. The highest BCUT2D eigenvalue weighted by atomic mass is 32.2. The lowest BCUT2D eigenvalue weighted by molar-refractivity contribution is 0.0228. The number of likely N-dealkylation sites (N-methyl/N-ethyl adjacent to an activating group) is 1. The summed E-state index contributed by atoms with van der Waals surface area (Å²) in [4.78, 5) is 21.0. The normalized spacial score (nSPS) is 15.6. The molecule has 0 radical (unpaired) electrons. The highest BCUT2D eigenvalue weighted by Gasteiger charge is 2.31. The Bertz CT molecular complexity index is 1720. The zero-order valence-electron chi connectivity index (χ0n) is 25.7. The Labute approximate surface area is 259 Å². The smallest absolute Gasteiger partial charge is 0.410 e. The number of carbonyl (C=O) groups excluding carboxylic acids is 1. The molecule has 1 aliphatic heterocycles. The molecule has 5 rings (SSSR count). The van der Waals surface area contributed by atoms with Crippen molar-refractivity contribution in [3.05, 3.63) is 96.6 Å². The Hall–Kier alpha value is -4.35. The fourth-order valence-electron chi connectivity index (χ4n) is 5.09. The molecule has 1 atom stereocenters. The number of para-hydroxylation sites is 1. The first-order valence-electron chi connectivity index (χ1n) is 14.5. The van der Waals surface area contributed by atoms with Crippen LogP contribution >= 0.6 is 0 Å². The minimum atomic E-state index is -3.94. The van der Waals surface area contributed by atoms with Crippen LogP contribution in [0, 0.1) is 6.92 Å². The number of anilines is 1. The summed E-state index contributed by atoms with van der Waals surface area (Å²) < 4.78 is 43.1. The van der Waals surface area contributed by atoms with Gasteiger partial charge in [-0.05, 0) is 82.1 Å². The van der Waals surface area contributed by atoms with Crippen molar-refractivity contribution >= 4 is 21.8 Å². The number of benzene rings is 3. The number of rotatable bonds is 9. The lowest BCUT2D eigenvalue weighted by Crippen LogP contribution is -2.42. The minimum Gasteiger partial charge on any atom is -0.457 e. The van der Waals surface area contributed by atoms with Gasteiger partial charge < -0.3 is 18.9 Å². The number of aryl methyl sites for hydroxylation is 1. The molecule has 1 fully saturated rings. The van der Waals surface area contributed by atoms with E-state index in [0.717, 1.165) is 29.9 Å². The van der Waals surface area contributed by atoms with Gasteiger partial charge in [-0.3, -0.25) is 9.62 Å². The Morgan fingerprint density at radius 1 is 1.05 bits per heavy atom. The lowest BCUT2D eigenvalue weighted by Gasteiger charge is -2.28. The van der Waals surface area contributed by atoms with Crippen LogP contribution in [0.15, 0.2) is 90.2 Å². The lowest BCUT2D eigenvalue weighted by atomic mass is 10.1. The molecule has 1 N–H and O–H groups in total. The third-order valence-corrected chi connectivity index (χ3v) is 8.60. The van der Waals surface area contributed by atoms with Crippen LogP contribution in [0.2, 0.25) is 0 Å². The van der Waals surface area contributed by atoms with Crippen molar-refractivity contribution in [1.29, 1.82) is 0 Å². The summed E-state index contributed by atoms with van der Waals surface area (Å²) in [6, 6.07) is 21.3. The summed E-state index contributed by atoms with van der Waals surface area (Å²) in [5.41, 5.74) is 2.42. The second kappa shape index (κ2) is 12.7. The number of carbonyl (C=O) groups is 1. The van der Waals surface area contributed by atoms with E-state index in [4.69, 9.17) is 9.47 Å². The maximum atomic E-state index is 13.5. The van der Waals surface area contributed by atoms with Gasteiger partial charge in [-0.15, -0.1) is 0 Å². The SMILES string of the molecule is Cc1cn(-c2cc(CN3CC[C@H](N(C)C(=O)OC(C)(C)C)C3)cc(NS(=O)(=O)c3cccc(Oc4ccccc4)c3)c2)cn1. The molecule has 0 bridgehead atoms. The molecule has 1 saturated heterocycles. The number of likely N-dealkylation sites (tertiary alicyclic amines) is 1. The number of imidazole rings is 1. The average Bonchev–Trinajstić information content (AvgIpc) is 3.61. The van der Waals surface area contributed by atoms with Crippen molar-refractivity contribution in [2.75, 3.05) is 24.9 Å². The Morgan fingerprint density at radius 3 is 2.50 bits per heavy atom. The number of aromatic nitrogens is 2. The molecule has 0 saturated carbocycles. The van der Waals surface area contributed by atoms with Crippen molar-refractivity contribution in [3.8, 4) is 17.2 Å². The van der Waals surface area contributed by atoms with E-state index in [0.29, 0.717) is 30.3 Å². The maximum absolute atomic E-state index is 13.5. The summed E-state index contributed by atoms with van der Waals surface area (Å²) in [5.74, 6) is 1.03. The van der Waals surface area contributed by atoms with Crippen LogP contribution in [-0.4, -0.2) is 65.6 Å². The third-order valence-electron chi connectivity index (χ3n) is 7.22. The molecule has 0 unspecified atom stereocenters. The van der Waals surface area contributed by atoms with Crippen LogP contribution in [0.5, 0.6) is 11.5 Å². The molecule has 10 nitrogen and oxygen atoms in total. The minimum absolute atomic E-state index is 0.0210. The number of hydrogen-bond donors (Lipinski definition) is 1. The van der Waals surface area contributed by atoms with Crippen molar-refractivity contribution in [2.24, 2.45) is 0 Å². The van der Waals surface area contributed by atoms with Crippen molar-refractivity contribution in [3.63, 3.8) is 0 Å². The predicted octanol–water partition coefficient (Wildman–Crippen LogP) is 6.22. The maximum Gasteiger partial charge on any atom is 0.410 e. The van der Waals surface area contributed by atoms with E-state index in [2.05, 4.69) is 14.6 Å². The highest BCUT2D eigenvalue weighted by molar-refractivity contribution is 7.92. The molecule has 44 heavy (non-hydrogen) atoms. The van der Waals surface area contributed by atoms with E-state index in [1.807, 2.05) is 80.9 Å². The van der Waals surface area contributed by atoms with Gasteiger partial charge in [-0.25, -0.2) is 18.2 Å². The van der Waals surface area contributed by atoms with E-state index in [1.54, 1.807) is 36.5 Å². The third kappa shape index (κ3) is 7.97. The molecular formula is C33H39N5O5S. The van der Waals surface area contributed by atoms with Gasteiger partial charge in [0.2, 0.25) is 0 Å². The molecule has 2 heterocycles. The first-order chi connectivity index (χ1) is 20.8. The zero-order valence-corrected chi connectivity index (χ0v) is 26.5. The number of nitrogens with zero attached hydrogens (tertiary/aromatic N) is 4. The second-order valence-corrected chi connectivity index (χ2v) is 13.8. The molecule has 1 aliphatic rings. The molecule has 1 amide bonds. The molecular weight excluding hydrogens is 578 g/mol. The van der Waals surface area contributed by atoms with Crippen LogP contribution in [0.3, 0.4) is 0 Å². The Balaban J connectivity index is 1.35. The molecule has 3 aromatic carbocycles. The quantitative estimate of drug-likeness (QED) is 0.238. The van der Waals surface area contributed by atoms with Crippen LogP contribution in [0.4, 0.5) is 10.5 Å². The van der Waals surface area contributed by atoms with Crippen LogP contribution < -0.4 is 9.46 Å². The van der Waals surface area contributed by atoms with Gasteiger partial charge >= 0.3 is 6.09 Å². The molecule has 232 valence electrons. The highest BCUT2D eigenvalue weighted by Crippen LogP contribution is 2.28. The van der Waals surface area contributed by atoms with Gasteiger partial charge in [0.15, 0.2) is 0 Å². The average molecular weight is 618 g/mol. The summed E-state index contributed by atoms with van der Waals surface area (Å²) in [6.45, 7) is 9.52. The molecule has 11 heteroatoms. The summed E-state index contributed by atoms with van der Waals surface area (Å²) >= 11 is 0. The Morgan fingerprint density at radius 2 is 1.80 bits per heavy atom. The fourth-order valence-corrected chi connectivity index (χ4v) is 6.17. The van der Waals surface area contributed by atoms with E-state index in [1.165, 1.54) is 12.1 Å². The van der Waals surface area contributed by atoms with Gasteiger partial charge in [-0.2, -0.15) is 0 Å². The van der Waals surface area contributed by atoms with Crippen LogP contribution in [0.1, 0.15) is 38.4 Å². The fraction of sp³-hybridized carbons (Fsp3) is 0.333. The standard InChI is InChI=1S/C33H39N5O5S/c1-24-20-38(23-34-24)28-17-25(21-37-15-14-27(22-37)36(5)32(39)43-33(2,3)4)16-26(18-28)35-44(40,41)31-13-9-12-30(19-31)42-29-10-7-6-8-11-29/h6-13,16-20,23,27,35H,14-15,21-22H2,1-5H3/t27-/m0/s1. The first kappa shape index (κ1) is 31.1. The van der Waals surface area contributed by atoms with Crippen molar-refractivity contribution in [1.82, 2.24) is 19.4 Å². The summed E-state index contributed by atoms with van der Waals surface area (Å²) in [6.07, 6.45) is 4.08. The topological polar surface area (TPSA) is 106 Å². The number of nitrogens with one attached hydrogen (secondary N) is 1. The van der Waals surface area contributed by atoms with Crippen molar-refractivity contribution in [2.45, 2.75) is 57.2 Å². The van der Waals surface area contributed by atoms with Gasteiger partial charge in [0.05, 0.1) is 22.6 Å². The van der Waals surface area contributed by atoms with Gasteiger partial charge in [0, 0.05) is 50.7 Å². The number of hydrogen-bond acceptors (Lipinski definition) is 7. The number of sulfonamides is 1. The van der Waals surface area contributed by atoms with E-state index < -0.39 is 15.6 Å². The molecule has 4 aromatic rings. The van der Waals surface area contributed by atoms with Crippen LogP contribution in [-0.2, 0) is 21.3 Å². The van der Waals surface area contributed by atoms with Gasteiger partial charge in [0.25, 0.3) is 10.0 Å². The van der Waals surface area contributed by atoms with E-state index in [-0.39, 0.29) is 17.0 Å². The monoisotopic (exact) mass is 617 g/mol. The van der Waals surface area contributed by atoms with Gasteiger partial charge in [-0.1, -0.05) is 24.3 Å². The largest absolute Gasteiger partial charge is 0.457 e. The van der Waals surface area contributed by atoms with Crippen LogP contribution in [0.25, 0.3) is 5.69 Å². The predicted molar refractivity (Wildman–Crippen MR) is 170 cm³/mol.